The van der Waals surface area contributed by atoms with Crippen molar-refractivity contribution in [2.45, 2.75) is 13.0 Å². The van der Waals surface area contributed by atoms with E-state index in [-0.39, 0.29) is 17.9 Å². The second-order valence-electron chi connectivity index (χ2n) is 4.83. The van der Waals surface area contributed by atoms with Gasteiger partial charge in [0.05, 0.1) is 7.11 Å². The zero-order chi connectivity index (χ0) is 16.4. The van der Waals surface area contributed by atoms with E-state index in [1.54, 1.807) is 19.2 Å². The van der Waals surface area contributed by atoms with Gasteiger partial charge in [0, 0.05) is 6.42 Å². The molecule has 0 spiro atoms. The summed E-state index contributed by atoms with van der Waals surface area (Å²) in [5, 5.41) is 20.5. The van der Waals surface area contributed by atoms with Gasteiger partial charge in [-0.25, -0.2) is 0 Å². The number of carboxylic acids is 1. The maximum atomic E-state index is 12.5. The normalized spacial score (nSPS) is 10.8. The van der Waals surface area contributed by atoms with Gasteiger partial charge < -0.3 is 9.84 Å². The van der Waals surface area contributed by atoms with Gasteiger partial charge in [0.15, 0.2) is 0 Å². The maximum absolute atomic E-state index is 12.5. The van der Waals surface area contributed by atoms with Gasteiger partial charge in [-0.05, 0) is 17.7 Å². The Bertz CT molecular complexity index is 913. The Balaban J connectivity index is 2.04. The van der Waals surface area contributed by atoms with Crippen molar-refractivity contribution < 1.29 is 14.6 Å². The number of fused-ring (bicyclic) bond motifs is 1. The van der Waals surface area contributed by atoms with Crippen molar-refractivity contribution in [3.63, 3.8) is 0 Å². The van der Waals surface area contributed by atoms with E-state index in [0.29, 0.717) is 5.75 Å². The monoisotopic (exact) mass is 315 g/mol. The molecule has 0 amide bonds. The molecule has 0 aliphatic carbocycles. The highest BCUT2D eigenvalue weighted by Crippen LogP contribution is 2.13. The summed E-state index contributed by atoms with van der Waals surface area (Å²) in [4.78, 5) is 23.5. The second-order valence-corrected chi connectivity index (χ2v) is 4.83. The number of rotatable bonds is 5. The van der Waals surface area contributed by atoms with E-state index >= 15 is 0 Å². The fraction of sp³-hybridized carbons (Fsp3) is 0.214. The van der Waals surface area contributed by atoms with E-state index in [9.17, 15) is 9.59 Å². The zero-order valence-corrected chi connectivity index (χ0v) is 12.2. The molecule has 118 valence electrons. The lowest BCUT2D eigenvalue weighted by Crippen LogP contribution is -2.30. The van der Waals surface area contributed by atoms with E-state index in [4.69, 9.17) is 9.84 Å². The van der Waals surface area contributed by atoms with E-state index < -0.39 is 18.1 Å². The molecule has 1 aromatic carbocycles. The van der Waals surface area contributed by atoms with Crippen LogP contribution in [0.3, 0.4) is 0 Å². The molecule has 0 fully saturated rings. The molecular formula is C14H13N5O4. The van der Waals surface area contributed by atoms with Crippen LogP contribution in [0, 0.1) is 0 Å². The highest BCUT2D eigenvalue weighted by atomic mass is 16.5. The van der Waals surface area contributed by atoms with Crippen molar-refractivity contribution >= 4 is 11.7 Å². The minimum atomic E-state index is -1.14. The number of methoxy groups -OCH3 is 1. The summed E-state index contributed by atoms with van der Waals surface area (Å²) in [6.45, 7) is -0.501. The molecule has 1 N–H and O–H groups in total. The number of hydrogen-bond acceptors (Lipinski definition) is 6. The first kappa shape index (κ1) is 14.7. The first-order chi connectivity index (χ1) is 11.1. The van der Waals surface area contributed by atoms with E-state index in [1.165, 1.54) is 10.8 Å². The van der Waals surface area contributed by atoms with Gasteiger partial charge in [0.1, 0.15) is 24.3 Å². The third kappa shape index (κ3) is 2.89. The van der Waals surface area contributed by atoms with Crippen LogP contribution < -0.4 is 10.3 Å². The number of aliphatic carboxylic acids is 1. The molecular weight excluding hydrogens is 302 g/mol. The van der Waals surface area contributed by atoms with Crippen molar-refractivity contribution in [2.75, 3.05) is 7.11 Å². The minimum absolute atomic E-state index is 0.0934. The first-order valence-electron chi connectivity index (χ1n) is 6.73. The fourth-order valence-corrected chi connectivity index (χ4v) is 2.22. The number of aromatic nitrogens is 5. The predicted molar refractivity (Wildman–Crippen MR) is 78.5 cm³/mol. The van der Waals surface area contributed by atoms with Crippen molar-refractivity contribution in [3.8, 4) is 5.75 Å². The summed E-state index contributed by atoms with van der Waals surface area (Å²) in [5.74, 6) is -0.339. The average molecular weight is 315 g/mol. The van der Waals surface area contributed by atoms with E-state index in [1.807, 2.05) is 12.1 Å². The van der Waals surface area contributed by atoms with Crippen LogP contribution in [0.5, 0.6) is 5.75 Å². The van der Waals surface area contributed by atoms with Gasteiger partial charge >= 0.3 is 5.97 Å². The van der Waals surface area contributed by atoms with Crippen LogP contribution in [0.15, 0.2) is 35.4 Å². The Morgan fingerprint density at radius 2 is 2.04 bits per heavy atom. The van der Waals surface area contributed by atoms with Gasteiger partial charge in [0.25, 0.3) is 11.3 Å². The summed E-state index contributed by atoms with van der Waals surface area (Å²) in [5.41, 5.74) is 0.567. The molecule has 0 atom stereocenters. The van der Waals surface area contributed by atoms with Gasteiger partial charge in [-0.3, -0.25) is 14.2 Å². The molecule has 0 bridgehead atoms. The highest BCUT2D eigenvalue weighted by molar-refractivity contribution is 5.67. The topological polar surface area (TPSA) is 112 Å². The van der Waals surface area contributed by atoms with Crippen LogP contribution >= 0.6 is 0 Å². The van der Waals surface area contributed by atoms with E-state index in [0.717, 1.165) is 10.1 Å². The molecule has 3 rings (SSSR count). The van der Waals surface area contributed by atoms with Crippen molar-refractivity contribution in [3.05, 3.63) is 52.2 Å². The minimum Gasteiger partial charge on any atom is -0.497 e. The highest BCUT2D eigenvalue weighted by Gasteiger charge is 2.15. The number of carbonyl (C=O) groups is 1. The number of hydrogen-bond donors (Lipinski definition) is 1. The van der Waals surface area contributed by atoms with Crippen molar-refractivity contribution in [1.82, 2.24) is 24.4 Å². The Morgan fingerprint density at radius 1 is 1.30 bits per heavy atom. The third-order valence-electron chi connectivity index (χ3n) is 3.30. The Hall–Kier alpha value is -3.23. The van der Waals surface area contributed by atoms with Crippen LogP contribution in [-0.4, -0.2) is 42.6 Å². The molecule has 23 heavy (non-hydrogen) atoms. The van der Waals surface area contributed by atoms with Crippen molar-refractivity contribution in [2.24, 2.45) is 0 Å². The summed E-state index contributed by atoms with van der Waals surface area (Å²) in [6, 6.07) is 7.19. The molecule has 0 saturated heterocycles. The van der Waals surface area contributed by atoms with Gasteiger partial charge in [0.2, 0.25) is 0 Å². The van der Waals surface area contributed by atoms with Crippen LogP contribution in [0.1, 0.15) is 11.3 Å². The molecule has 0 aliphatic heterocycles. The Labute approximate surface area is 129 Å². The first-order valence-corrected chi connectivity index (χ1v) is 6.73. The van der Waals surface area contributed by atoms with Crippen LogP contribution in [0.25, 0.3) is 5.78 Å². The van der Waals surface area contributed by atoms with Gasteiger partial charge in [-0.1, -0.05) is 12.1 Å². The number of carboxylic acid groups (broad SMARTS) is 1. The van der Waals surface area contributed by atoms with Crippen LogP contribution in [0.4, 0.5) is 0 Å². The summed E-state index contributed by atoms with van der Waals surface area (Å²) < 4.78 is 7.42. The quantitative estimate of drug-likeness (QED) is 0.703. The molecule has 9 heteroatoms. The Kier molecular flexibility index (Phi) is 3.75. The molecule has 0 radical (unpaired) electrons. The molecule has 3 aromatic rings. The SMILES string of the molecule is COc1ccc(Cc2nn3cnnc3n(CC(=O)O)c2=O)cc1. The summed E-state index contributed by atoms with van der Waals surface area (Å²) >= 11 is 0. The lowest BCUT2D eigenvalue weighted by atomic mass is 10.1. The smallest absolute Gasteiger partial charge is 0.323 e. The third-order valence-corrected chi connectivity index (χ3v) is 3.30. The Morgan fingerprint density at radius 3 is 2.70 bits per heavy atom. The lowest BCUT2D eigenvalue weighted by molar-refractivity contribution is -0.137. The molecule has 2 aromatic heterocycles. The fourth-order valence-electron chi connectivity index (χ4n) is 2.22. The van der Waals surface area contributed by atoms with Crippen LogP contribution in [-0.2, 0) is 17.8 Å². The maximum Gasteiger partial charge on any atom is 0.323 e. The molecule has 9 nitrogen and oxygen atoms in total. The predicted octanol–water partition coefficient (Wildman–Crippen LogP) is -0.0300. The van der Waals surface area contributed by atoms with Gasteiger partial charge in [-0.15, -0.1) is 10.2 Å². The second kappa shape index (κ2) is 5.87. The lowest BCUT2D eigenvalue weighted by Gasteiger charge is -2.07. The standard InChI is InChI=1S/C14H13N5O4/c1-23-10-4-2-9(3-5-10)6-11-13(22)18(7-12(20)21)14-16-15-8-19(14)17-11/h2-5,8H,6-7H2,1H3,(H,20,21). The van der Waals surface area contributed by atoms with E-state index in [2.05, 4.69) is 15.3 Å². The molecule has 0 saturated carbocycles. The van der Waals surface area contributed by atoms with Gasteiger partial charge in [-0.2, -0.15) is 9.61 Å². The number of ether oxygens (including phenoxy) is 1. The van der Waals surface area contributed by atoms with Crippen LogP contribution in [0.2, 0.25) is 0 Å². The summed E-state index contributed by atoms with van der Waals surface area (Å²) in [7, 11) is 1.57. The summed E-state index contributed by atoms with van der Waals surface area (Å²) in [6.07, 6.45) is 1.58. The largest absolute Gasteiger partial charge is 0.497 e. The average Bonchev–Trinajstić information content (AvgIpc) is 3.00. The molecule has 0 aliphatic rings. The molecule has 2 heterocycles. The number of benzene rings is 1. The molecule has 0 unspecified atom stereocenters. The van der Waals surface area contributed by atoms with Crippen molar-refractivity contribution in [1.29, 1.82) is 0 Å². The zero-order valence-electron chi connectivity index (χ0n) is 12.2. The number of nitrogens with zero attached hydrogens (tertiary/aromatic N) is 5.